The predicted molar refractivity (Wildman–Crippen MR) is 74.1 cm³/mol. The summed E-state index contributed by atoms with van der Waals surface area (Å²) in [5.74, 6) is 0. The summed E-state index contributed by atoms with van der Waals surface area (Å²) in [5.41, 5.74) is 1.90. The minimum Gasteiger partial charge on any atom is -0.387 e. The fraction of sp³-hybridized carbons (Fsp3) is 1.00. The van der Waals surface area contributed by atoms with Crippen molar-refractivity contribution < 1.29 is 19.9 Å². The van der Waals surface area contributed by atoms with Gasteiger partial charge in [0.2, 0.25) is 0 Å². The molecular formula is C13H30N2O4. The van der Waals surface area contributed by atoms with Crippen molar-refractivity contribution in [1.82, 2.24) is 11.0 Å². The van der Waals surface area contributed by atoms with Crippen molar-refractivity contribution >= 4 is 0 Å². The van der Waals surface area contributed by atoms with E-state index in [1.165, 1.54) is 0 Å². The Morgan fingerprint density at radius 1 is 0.684 bits per heavy atom. The third-order valence-corrected chi connectivity index (χ3v) is 3.75. The van der Waals surface area contributed by atoms with Crippen molar-refractivity contribution in [3.63, 3.8) is 0 Å². The van der Waals surface area contributed by atoms with Gasteiger partial charge in [0.15, 0.2) is 0 Å². The van der Waals surface area contributed by atoms with Gasteiger partial charge >= 0.3 is 0 Å². The van der Waals surface area contributed by atoms with Crippen molar-refractivity contribution in [1.29, 1.82) is 0 Å². The summed E-state index contributed by atoms with van der Waals surface area (Å²) in [5, 5.41) is 19.8. The lowest BCUT2D eigenvalue weighted by Crippen LogP contribution is -2.53. The average molecular weight is 278 g/mol. The van der Waals surface area contributed by atoms with Gasteiger partial charge in [0.25, 0.3) is 0 Å². The number of hydrogen-bond donors (Lipinski definition) is 4. The highest BCUT2D eigenvalue weighted by Gasteiger charge is 2.38. The lowest BCUT2D eigenvalue weighted by atomic mass is 9.90. The van der Waals surface area contributed by atoms with E-state index in [0.29, 0.717) is 0 Å². The van der Waals surface area contributed by atoms with Crippen LogP contribution in [0.3, 0.4) is 0 Å². The first kappa shape index (κ1) is 18.8. The van der Waals surface area contributed by atoms with Gasteiger partial charge in [-0.2, -0.15) is 11.0 Å². The molecule has 0 aromatic rings. The molecule has 0 saturated heterocycles. The maximum Gasteiger partial charge on any atom is 0.112 e. The largest absolute Gasteiger partial charge is 0.387 e. The van der Waals surface area contributed by atoms with Crippen molar-refractivity contribution in [2.24, 2.45) is 0 Å². The molecule has 116 valence electrons. The topological polar surface area (TPSA) is 83.0 Å². The Labute approximate surface area is 116 Å². The van der Waals surface area contributed by atoms with E-state index in [1.54, 1.807) is 55.4 Å². The van der Waals surface area contributed by atoms with Crippen LogP contribution in [-0.2, 0) is 9.68 Å². The Morgan fingerprint density at radius 2 is 0.947 bits per heavy atom. The Kier molecular flexibility index (Phi) is 5.96. The van der Waals surface area contributed by atoms with Crippen molar-refractivity contribution in [3.8, 4) is 0 Å². The van der Waals surface area contributed by atoms with Gasteiger partial charge < -0.3 is 10.2 Å². The smallest absolute Gasteiger partial charge is 0.112 e. The standard InChI is InChI=1S/C13H30N2O4/c1-10(2,16)12(5,6)18-14-9-15-19-13(7,8)11(3,4)17/h14-17H,9H2,1-8H3. The van der Waals surface area contributed by atoms with E-state index in [-0.39, 0.29) is 6.67 Å². The highest BCUT2D eigenvalue weighted by molar-refractivity contribution is 4.87. The molecule has 6 heteroatoms. The molecule has 0 aliphatic heterocycles. The van der Waals surface area contributed by atoms with E-state index < -0.39 is 22.4 Å². The molecule has 0 aliphatic carbocycles. The predicted octanol–water partition coefficient (Wildman–Crippen LogP) is 1.09. The molecule has 0 saturated carbocycles. The third-order valence-electron chi connectivity index (χ3n) is 3.75. The lowest BCUT2D eigenvalue weighted by molar-refractivity contribution is -0.212. The molecule has 0 aromatic carbocycles. The van der Waals surface area contributed by atoms with Gasteiger partial charge in [0, 0.05) is 0 Å². The van der Waals surface area contributed by atoms with Crippen LogP contribution in [-0.4, -0.2) is 39.3 Å². The Hall–Kier alpha value is -0.240. The second kappa shape index (κ2) is 6.03. The number of nitrogens with one attached hydrogen (secondary N) is 2. The van der Waals surface area contributed by atoms with Gasteiger partial charge in [-0.1, -0.05) is 0 Å². The molecule has 4 N–H and O–H groups in total. The first-order valence-corrected chi connectivity index (χ1v) is 6.47. The van der Waals surface area contributed by atoms with E-state index in [9.17, 15) is 10.2 Å². The Morgan fingerprint density at radius 3 is 1.16 bits per heavy atom. The van der Waals surface area contributed by atoms with Gasteiger partial charge in [-0.3, -0.25) is 9.68 Å². The average Bonchev–Trinajstić information content (AvgIpc) is 2.12. The molecule has 19 heavy (non-hydrogen) atoms. The van der Waals surface area contributed by atoms with Crippen LogP contribution in [0, 0.1) is 0 Å². The molecule has 0 aliphatic rings. The van der Waals surface area contributed by atoms with Crippen LogP contribution < -0.4 is 11.0 Å². The fourth-order valence-corrected chi connectivity index (χ4v) is 0.712. The molecule has 0 atom stereocenters. The molecule has 0 unspecified atom stereocenters. The van der Waals surface area contributed by atoms with Crippen LogP contribution in [0.1, 0.15) is 55.4 Å². The van der Waals surface area contributed by atoms with Crippen molar-refractivity contribution in [2.45, 2.75) is 77.8 Å². The molecule has 0 rings (SSSR count). The summed E-state index contributed by atoms with van der Waals surface area (Å²) < 4.78 is 0. The Balaban J connectivity index is 4.03. The lowest BCUT2D eigenvalue weighted by Gasteiger charge is -2.38. The van der Waals surface area contributed by atoms with E-state index in [1.807, 2.05) is 0 Å². The number of hydrogen-bond acceptors (Lipinski definition) is 6. The van der Waals surface area contributed by atoms with Crippen LogP contribution in [0.2, 0.25) is 0 Å². The Bertz CT molecular complexity index is 249. The van der Waals surface area contributed by atoms with Crippen LogP contribution in [0.4, 0.5) is 0 Å². The van der Waals surface area contributed by atoms with Crippen molar-refractivity contribution in [2.75, 3.05) is 6.67 Å². The zero-order valence-electron chi connectivity index (χ0n) is 13.4. The van der Waals surface area contributed by atoms with Crippen LogP contribution in [0.15, 0.2) is 0 Å². The van der Waals surface area contributed by atoms with Gasteiger partial charge in [-0.25, -0.2) is 0 Å². The summed E-state index contributed by atoms with van der Waals surface area (Å²) in [7, 11) is 0. The molecule has 0 radical (unpaired) electrons. The molecule has 0 amide bonds. The molecule has 6 nitrogen and oxygen atoms in total. The monoisotopic (exact) mass is 278 g/mol. The van der Waals surface area contributed by atoms with E-state index in [2.05, 4.69) is 11.0 Å². The first-order chi connectivity index (χ1) is 8.21. The van der Waals surface area contributed by atoms with Gasteiger partial charge in [-0.05, 0) is 55.4 Å². The van der Waals surface area contributed by atoms with E-state index >= 15 is 0 Å². The molecule has 0 fully saturated rings. The second-order valence-corrected chi connectivity index (χ2v) is 6.81. The van der Waals surface area contributed by atoms with Gasteiger partial charge in [0.1, 0.15) is 11.2 Å². The number of aliphatic hydroxyl groups is 2. The van der Waals surface area contributed by atoms with Gasteiger partial charge in [-0.15, -0.1) is 0 Å². The minimum absolute atomic E-state index is 0.221. The highest BCUT2D eigenvalue weighted by atomic mass is 16.7. The minimum atomic E-state index is -0.979. The normalized spacial score (nSPS) is 14.8. The third kappa shape index (κ3) is 5.72. The highest BCUT2D eigenvalue weighted by Crippen LogP contribution is 2.24. The quantitative estimate of drug-likeness (QED) is 0.302. The number of hydroxylamine groups is 2. The molecular weight excluding hydrogens is 248 g/mol. The van der Waals surface area contributed by atoms with E-state index in [0.717, 1.165) is 0 Å². The summed E-state index contributed by atoms with van der Waals surface area (Å²) in [4.78, 5) is 10.8. The van der Waals surface area contributed by atoms with Crippen LogP contribution >= 0.6 is 0 Å². The van der Waals surface area contributed by atoms with E-state index in [4.69, 9.17) is 9.68 Å². The zero-order chi connectivity index (χ0) is 15.5. The second-order valence-electron chi connectivity index (χ2n) is 6.81. The summed E-state index contributed by atoms with van der Waals surface area (Å²) in [6.45, 7) is 14.0. The van der Waals surface area contributed by atoms with Gasteiger partial charge in [0.05, 0.1) is 17.9 Å². The molecule has 0 bridgehead atoms. The summed E-state index contributed by atoms with van der Waals surface area (Å²) in [6.07, 6.45) is 0. The summed E-state index contributed by atoms with van der Waals surface area (Å²) >= 11 is 0. The maximum absolute atomic E-state index is 9.89. The SMILES string of the molecule is CC(C)(O)C(C)(C)ONCNOC(C)(C)C(C)(C)O. The first-order valence-electron chi connectivity index (χ1n) is 6.47. The van der Waals surface area contributed by atoms with Crippen LogP contribution in [0.5, 0.6) is 0 Å². The fourth-order valence-electron chi connectivity index (χ4n) is 0.712. The maximum atomic E-state index is 9.89. The molecule has 0 spiro atoms. The number of rotatable bonds is 8. The molecule has 0 heterocycles. The van der Waals surface area contributed by atoms with Crippen molar-refractivity contribution in [3.05, 3.63) is 0 Å². The zero-order valence-corrected chi connectivity index (χ0v) is 13.4. The molecule has 0 aromatic heterocycles. The summed E-state index contributed by atoms with van der Waals surface area (Å²) in [6, 6.07) is 0. The van der Waals surface area contributed by atoms with Crippen LogP contribution in [0.25, 0.3) is 0 Å².